The number of hydrogen-bond donors (Lipinski definition) is 1. The summed E-state index contributed by atoms with van der Waals surface area (Å²) in [7, 11) is 1.58. The van der Waals surface area contributed by atoms with Crippen molar-refractivity contribution in [2.24, 2.45) is 11.8 Å². The summed E-state index contributed by atoms with van der Waals surface area (Å²) in [5, 5.41) is 3.04. The van der Waals surface area contributed by atoms with Crippen LogP contribution in [0.5, 0.6) is 5.75 Å². The van der Waals surface area contributed by atoms with Crippen LogP contribution in [-0.2, 0) is 9.59 Å². The first-order chi connectivity index (χ1) is 15.4. The van der Waals surface area contributed by atoms with Crippen molar-refractivity contribution < 1.29 is 19.1 Å². The van der Waals surface area contributed by atoms with E-state index in [-0.39, 0.29) is 23.6 Å². The van der Waals surface area contributed by atoms with Crippen molar-refractivity contribution >= 4 is 17.7 Å². The first-order valence-electron chi connectivity index (χ1n) is 11.9. The van der Waals surface area contributed by atoms with Gasteiger partial charge >= 0.3 is 0 Å². The Morgan fingerprint density at radius 3 is 2.16 bits per heavy atom. The van der Waals surface area contributed by atoms with Gasteiger partial charge < -0.3 is 19.9 Å². The number of ether oxygens (including phenoxy) is 1. The van der Waals surface area contributed by atoms with E-state index < -0.39 is 6.04 Å². The summed E-state index contributed by atoms with van der Waals surface area (Å²) >= 11 is 0. The maximum atomic E-state index is 13.4. The molecule has 1 aromatic rings. The highest BCUT2D eigenvalue weighted by Gasteiger charge is 2.36. The number of amides is 3. The van der Waals surface area contributed by atoms with Gasteiger partial charge in [-0.1, -0.05) is 13.8 Å². The fourth-order valence-corrected chi connectivity index (χ4v) is 4.62. The summed E-state index contributed by atoms with van der Waals surface area (Å²) < 4.78 is 5.17. The molecule has 2 saturated heterocycles. The molecule has 0 aliphatic carbocycles. The van der Waals surface area contributed by atoms with E-state index in [2.05, 4.69) is 5.32 Å². The molecule has 0 bridgehead atoms. The maximum absolute atomic E-state index is 13.4. The molecule has 7 heteroatoms. The van der Waals surface area contributed by atoms with Crippen LogP contribution in [0.25, 0.3) is 0 Å². The SMILES string of the molecule is COc1ccc(C(=O)NC(C(=O)N2CCCCC2)C2CCN(C(=O)CC(C)C)CC2)cc1. The molecule has 2 aliphatic rings. The van der Waals surface area contributed by atoms with Crippen LogP contribution >= 0.6 is 0 Å². The topological polar surface area (TPSA) is 79.0 Å². The van der Waals surface area contributed by atoms with Gasteiger partial charge in [-0.15, -0.1) is 0 Å². The molecule has 0 saturated carbocycles. The second-order valence-corrected chi connectivity index (χ2v) is 9.38. The van der Waals surface area contributed by atoms with Gasteiger partial charge in [-0.3, -0.25) is 14.4 Å². The smallest absolute Gasteiger partial charge is 0.251 e. The van der Waals surface area contributed by atoms with Crippen LogP contribution in [0.2, 0.25) is 0 Å². The Hall–Kier alpha value is -2.57. The number of benzene rings is 1. The first kappa shape index (κ1) is 24.1. The average Bonchev–Trinajstić information content (AvgIpc) is 2.82. The molecule has 1 N–H and O–H groups in total. The second-order valence-electron chi connectivity index (χ2n) is 9.38. The van der Waals surface area contributed by atoms with E-state index >= 15 is 0 Å². The zero-order valence-corrected chi connectivity index (χ0v) is 19.6. The molecule has 0 aromatic heterocycles. The molecular weight excluding hydrogens is 406 g/mol. The third-order valence-electron chi connectivity index (χ3n) is 6.52. The summed E-state index contributed by atoms with van der Waals surface area (Å²) in [4.78, 5) is 42.7. The molecule has 7 nitrogen and oxygen atoms in total. The molecule has 3 rings (SSSR count). The van der Waals surface area contributed by atoms with E-state index in [1.165, 1.54) is 0 Å². The van der Waals surface area contributed by atoms with Gasteiger partial charge in [0, 0.05) is 38.2 Å². The number of nitrogens with zero attached hydrogens (tertiary/aromatic N) is 2. The van der Waals surface area contributed by atoms with E-state index in [0.29, 0.717) is 36.7 Å². The Morgan fingerprint density at radius 1 is 0.969 bits per heavy atom. The fraction of sp³-hybridized carbons (Fsp3) is 0.640. The number of hydrogen-bond acceptors (Lipinski definition) is 4. The number of carbonyl (C=O) groups excluding carboxylic acids is 3. The summed E-state index contributed by atoms with van der Waals surface area (Å²) in [5.74, 6) is 0.979. The van der Waals surface area contributed by atoms with Crippen molar-refractivity contribution in [3.8, 4) is 5.75 Å². The van der Waals surface area contributed by atoms with Crippen LogP contribution < -0.4 is 10.1 Å². The minimum atomic E-state index is -0.565. The van der Waals surface area contributed by atoms with Crippen LogP contribution in [0.3, 0.4) is 0 Å². The lowest BCUT2D eigenvalue weighted by molar-refractivity contribution is -0.137. The monoisotopic (exact) mass is 443 g/mol. The van der Waals surface area contributed by atoms with E-state index in [1.54, 1.807) is 31.4 Å². The number of likely N-dealkylation sites (tertiary alicyclic amines) is 2. The molecule has 2 aliphatic heterocycles. The van der Waals surface area contributed by atoms with Gasteiger partial charge in [0.1, 0.15) is 11.8 Å². The average molecular weight is 444 g/mol. The Bertz CT molecular complexity index is 779. The second kappa shape index (κ2) is 11.3. The minimum absolute atomic E-state index is 0.0125. The molecule has 2 heterocycles. The number of nitrogens with one attached hydrogen (secondary N) is 1. The molecule has 1 unspecified atom stereocenters. The minimum Gasteiger partial charge on any atom is -0.497 e. The molecular formula is C25H37N3O4. The van der Waals surface area contributed by atoms with Gasteiger partial charge in [0.05, 0.1) is 7.11 Å². The van der Waals surface area contributed by atoms with Gasteiger partial charge in [-0.2, -0.15) is 0 Å². The van der Waals surface area contributed by atoms with Crippen LogP contribution in [-0.4, -0.2) is 66.9 Å². The van der Waals surface area contributed by atoms with Crippen molar-refractivity contribution in [2.45, 2.75) is 58.4 Å². The Morgan fingerprint density at radius 2 is 1.59 bits per heavy atom. The van der Waals surface area contributed by atoms with Crippen LogP contribution in [0.15, 0.2) is 24.3 Å². The normalized spacial score (nSPS) is 18.4. The predicted molar refractivity (Wildman–Crippen MR) is 123 cm³/mol. The zero-order chi connectivity index (χ0) is 23.1. The van der Waals surface area contributed by atoms with Gasteiger partial charge in [0.15, 0.2) is 0 Å². The third kappa shape index (κ3) is 6.24. The van der Waals surface area contributed by atoms with Crippen molar-refractivity contribution in [3.05, 3.63) is 29.8 Å². The van der Waals surface area contributed by atoms with Crippen molar-refractivity contribution in [1.82, 2.24) is 15.1 Å². The molecule has 32 heavy (non-hydrogen) atoms. The third-order valence-corrected chi connectivity index (χ3v) is 6.52. The van der Waals surface area contributed by atoms with Crippen molar-refractivity contribution in [1.29, 1.82) is 0 Å². The number of rotatable bonds is 7. The highest BCUT2D eigenvalue weighted by atomic mass is 16.5. The van der Waals surface area contributed by atoms with Crippen LogP contribution in [0.1, 0.15) is 62.7 Å². The summed E-state index contributed by atoms with van der Waals surface area (Å²) in [6, 6.07) is 6.35. The molecule has 176 valence electrons. The van der Waals surface area contributed by atoms with Gasteiger partial charge in [0.2, 0.25) is 11.8 Å². The van der Waals surface area contributed by atoms with Gasteiger partial charge in [0.25, 0.3) is 5.91 Å². The van der Waals surface area contributed by atoms with Crippen LogP contribution in [0.4, 0.5) is 0 Å². The largest absolute Gasteiger partial charge is 0.497 e. The van der Waals surface area contributed by atoms with Crippen molar-refractivity contribution in [3.63, 3.8) is 0 Å². The molecule has 0 spiro atoms. The van der Waals surface area contributed by atoms with Crippen LogP contribution in [0, 0.1) is 11.8 Å². The fourth-order valence-electron chi connectivity index (χ4n) is 4.62. The maximum Gasteiger partial charge on any atom is 0.251 e. The predicted octanol–water partition coefficient (Wildman–Crippen LogP) is 3.09. The van der Waals surface area contributed by atoms with Gasteiger partial charge in [-0.05, 0) is 68.2 Å². The van der Waals surface area contributed by atoms with Crippen molar-refractivity contribution in [2.75, 3.05) is 33.3 Å². The highest BCUT2D eigenvalue weighted by molar-refractivity contribution is 5.97. The molecule has 1 aromatic carbocycles. The van der Waals surface area contributed by atoms with E-state index in [9.17, 15) is 14.4 Å². The lowest BCUT2D eigenvalue weighted by Crippen LogP contribution is -2.55. The summed E-state index contributed by atoms with van der Waals surface area (Å²) in [5.41, 5.74) is 0.506. The van der Waals surface area contributed by atoms with E-state index in [1.807, 2.05) is 23.6 Å². The Labute approximate surface area is 191 Å². The summed E-state index contributed by atoms with van der Waals surface area (Å²) in [6.07, 6.45) is 5.14. The zero-order valence-electron chi connectivity index (χ0n) is 19.6. The first-order valence-corrected chi connectivity index (χ1v) is 11.9. The van der Waals surface area contributed by atoms with Gasteiger partial charge in [-0.25, -0.2) is 0 Å². The standard InChI is InChI=1S/C25H37N3O4/c1-18(2)17-22(29)27-15-11-19(12-16-27)23(25(31)28-13-5-4-6-14-28)26-24(30)20-7-9-21(32-3)10-8-20/h7-10,18-19,23H,4-6,11-17H2,1-3H3,(H,26,30). The molecule has 2 fully saturated rings. The highest BCUT2D eigenvalue weighted by Crippen LogP contribution is 2.25. The summed E-state index contributed by atoms with van der Waals surface area (Å²) in [6.45, 7) is 6.87. The molecule has 3 amide bonds. The van der Waals surface area contributed by atoms with E-state index in [4.69, 9.17) is 4.74 Å². The number of methoxy groups -OCH3 is 1. The number of carbonyl (C=O) groups is 3. The van der Waals surface area contributed by atoms with E-state index in [0.717, 1.165) is 45.2 Å². The lowest BCUT2D eigenvalue weighted by Gasteiger charge is -2.38. The Balaban J connectivity index is 1.70. The quantitative estimate of drug-likeness (QED) is 0.702. The number of piperidine rings is 2. The lowest BCUT2D eigenvalue weighted by atomic mass is 9.87. The molecule has 1 atom stereocenters. The Kier molecular flexibility index (Phi) is 8.53. The molecule has 0 radical (unpaired) electrons.